The average molecular weight is 374 g/mol. The number of hydrogen-bond donors (Lipinski definition) is 1. The highest BCUT2D eigenvalue weighted by molar-refractivity contribution is 9.10. The van der Waals surface area contributed by atoms with Gasteiger partial charge in [0.15, 0.2) is 0 Å². The van der Waals surface area contributed by atoms with E-state index in [1.165, 1.54) is 4.90 Å². The number of nitrogens with zero attached hydrogens (tertiary/aromatic N) is 1. The number of benzene rings is 1. The molecule has 7 heteroatoms. The molecule has 1 aliphatic rings. The van der Waals surface area contributed by atoms with Crippen LogP contribution in [0.25, 0.3) is 0 Å². The van der Waals surface area contributed by atoms with Crippen LogP contribution in [0.15, 0.2) is 28.7 Å². The average Bonchev–Trinajstić information content (AvgIpc) is 2.49. The summed E-state index contributed by atoms with van der Waals surface area (Å²) in [6.45, 7) is 0.731. The summed E-state index contributed by atoms with van der Waals surface area (Å²) in [5.74, 6) is 0.816. The van der Waals surface area contributed by atoms with Gasteiger partial charge in [-0.25, -0.2) is 4.79 Å². The number of halogens is 1. The molecule has 0 bridgehead atoms. The van der Waals surface area contributed by atoms with Crippen LogP contribution in [0.5, 0.6) is 5.75 Å². The minimum Gasteiger partial charge on any atom is -0.493 e. The zero-order valence-electron chi connectivity index (χ0n) is 11.3. The quantitative estimate of drug-likeness (QED) is 0.857. The summed E-state index contributed by atoms with van der Waals surface area (Å²) >= 11 is 4.90. The molecular weight excluding hydrogens is 358 g/mol. The second-order valence-electron chi connectivity index (χ2n) is 4.57. The Labute approximate surface area is 135 Å². The first-order valence-electron chi connectivity index (χ1n) is 6.56. The number of aliphatic carboxylic acids is 1. The largest absolute Gasteiger partial charge is 0.493 e. The predicted octanol–water partition coefficient (Wildman–Crippen LogP) is 2.25. The molecule has 21 heavy (non-hydrogen) atoms. The van der Waals surface area contributed by atoms with Gasteiger partial charge in [0.2, 0.25) is 5.91 Å². The van der Waals surface area contributed by atoms with E-state index in [0.29, 0.717) is 18.0 Å². The first kappa shape index (κ1) is 16.2. The summed E-state index contributed by atoms with van der Waals surface area (Å²) in [6, 6.07) is 6.63. The molecule has 1 aromatic rings. The Morgan fingerprint density at radius 1 is 1.38 bits per heavy atom. The normalized spacial score (nSPS) is 18.3. The highest BCUT2D eigenvalue weighted by atomic mass is 79.9. The highest BCUT2D eigenvalue weighted by Crippen LogP contribution is 2.19. The second-order valence-corrected chi connectivity index (χ2v) is 6.63. The van der Waals surface area contributed by atoms with Crippen LogP contribution in [0, 0.1) is 0 Å². The van der Waals surface area contributed by atoms with E-state index >= 15 is 0 Å². The van der Waals surface area contributed by atoms with E-state index in [2.05, 4.69) is 15.9 Å². The van der Waals surface area contributed by atoms with Gasteiger partial charge in [0.1, 0.15) is 11.8 Å². The zero-order chi connectivity index (χ0) is 15.2. The Hall–Kier alpha value is -1.21. The summed E-state index contributed by atoms with van der Waals surface area (Å²) in [6.07, 6.45) is 0.185. The number of amides is 1. The van der Waals surface area contributed by atoms with Crippen molar-refractivity contribution in [3.05, 3.63) is 28.7 Å². The number of carbonyl (C=O) groups excluding carboxylic acids is 1. The molecular formula is C14H16BrNO4S. The van der Waals surface area contributed by atoms with Crippen LogP contribution in [0.1, 0.15) is 6.42 Å². The molecule has 1 heterocycles. The number of hydrogen-bond acceptors (Lipinski definition) is 4. The van der Waals surface area contributed by atoms with Crippen molar-refractivity contribution in [1.29, 1.82) is 0 Å². The van der Waals surface area contributed by atoms with Crippen molar-refractivity contribution in [3.8, 4) is 5.75 Å². The molecule has 2 rings (SSSR count). The molecule has 1 aromatic carbocycles. The Balaban J connectivity index is 1.83. The maximum atomic E-state index is 12.1. The first-order valence-corrected chi connectivity index (χ1v) is 8.51. The van der Waals surface area contributed by atoms with Gasteiger partial charge in [-0.15, -0.1) is 0 Å². The van der Waals surface area contributed by atoms with Crippen LogP contribution in [-0.2, 0) is 9.59 Å². The Bertz CT molecular complexity index is 508. The minimum atomic E-state index is -0.940. The number of carboxylic acids is 1. The number of thioether (sulfide) groups is 1. The van der Waals surface area contributed by atoms with E-state index in [0.717, 1.165) is 10.2 Å². The van der Waals surface area contributed by atoms with Crippen molar-refractivity contribution >= 4 is 39.6 Å². The van der Waals surface area contributed by atoms with E-state index in [1.807, 2.05) is 24.3 Å². The van der Waals surface area contributed by atoms with Crippen molar-refractivity contribution in [1.82, 2.24) is 4.90 Å². The van der Waals surface area contributed by atoms with Crippen LogP contribution >= 0.6 is 27.7 Å². The molecule has 1 atom stereocenters. The minimum absolute atomic E-state index is 0.167. The third-order valence-electron chi connectivity index (χ3n) is 3.13. The monoisotopic (exact) mass is 373 g/mol. The smallest absolute Gasteiger partial charge is 0.327 e. The molecule has 1 fully saturated rings. The molecule has 114 valence electrons. The zero-order valence-corrected chi connectivity index (χ0v) is 13.7. The molecule has 0 radical (unpaired) electrons. The number of carboxylic acid groups (broad SMARTS) is 1. The third kappa shape index (κ3) is 4.64. The van der Waals surface area contributed by atoms with Gasteiger partial charge in [-0.1, -0.05) is 15.9 Å². The Morgan fingerprint density at radius 2 is 2.10 bits per heavy atom. The fraction of sp³-hybridized carbons (Fsp3) is 0.429. The van der Waals surface area contributed by atoms with Crippen molar-refractivity contribution in [2.45, 2.75) is 12.5 Å². The molecule has 1 N–H and O–H groups in total. The first-order chi connectivity index (χ1) is 10.1. The topological polar surface area (TPSA) is 66.8 Å². The molecule has 0 aliphatic carbocycles. The highest BCUT2D eigenvalue weighted by Gasteiger charge is 2.31. The number of rotatable bonds is 5. The maximum absolute atomic E-state index is 12.1. The van der Waals surface area contributed by atoms with Gasteiger partial charge in [-0.2, -0.15) is 11.8 Å². The van der Waals surface area contributed by atoms with E-state index in [9.17, 15) is 9.59 Å². The standard InChI is InChI=1S/C14H16BrNO4S/c15-10-1-3-11(4-2-10)20-7-5-13(17)16-6-8-21-9-12(16)14(18)19/h1-4,12H,5-9H2,(H,18,19). The van der Waals surface area contributed by atoms with Crippen LogP contribution < -0.4 is 4.74 Å². The number of ether oxygens (including phenoxy) is 1. The second kappa shape index (κ2) is 7.70. The maximum Gasteiger partial charge on any atom is 0.327 e. The number of carbonyl (C=O) groups is 2. The van der Waals surface area contributed by atoms with Crippen molar-refractivity contribution in [2.24, 2.45) is 0 Å². The van der Waals surface area contributed by atoms with E-state index in [-0.39, 0.29) is 18.9 Å². The lowest BCUT2D eigenvalue weighted by Gasteiger charge is -2.32. The van der Waals surface area contributed by atoms with Crippen LogP contribution in [0.4, 0.5) is 0 Å². The molecule has 1 unspecified atom stereocenters. The van der Waals surface area contributed by atoms with E-state index in [4.69, 9.17) is 9.84 Å². The van der Waals surface area contributed by atoms with Gasteiger partial charge in [0, 0.05) is 22.5 Å². The SMILES string of the molecule is O=C(O)C1CSCCN1C(=O)CCOc1ccc(Br)cc1. The van der Waals surface area contributed by atoms with Crippen LogP contribution in [-0.4, -0.2) is 52.6 Å². The molecule has 0 aromatic heterocycles. The van der Waals surface area contributed by atoms with Gasteiger partial charge in [-0.3, -0.25) is 4.79 Å². The molecule has 1 amide bonds. The van der Waals surface area contributed by atoms with Crippen molar-refractivity contribution in [2.75, 3.05) is 24.7 Å². The lowest BCUT2D eigenvalue weighted by atomic mass is 10.2. The molecule has 1 aliphatic heterocycles. The fourth-order valence-corrected chi connectivity index (χ4v) is 3.34. The molecule has 0 saturated carbocycles. The summed E-state index contributed by atoms with van der Waals surface area (Å²) < 4.78 is 6.46. The van der Waals surface area contributed by atoms with Gasteiger partial charge < -0.3 is 14.7 Å². The molecule has 5 nitrogen and oxygen atoms in total. The van der Waals surface area contributed by atoms with Gasteiger partial charge >= 0.3 is 5.97 Å². The summed E-state index contributed by atoms with van der Waals surface area (Å²) in [7, 11) is 0. The van der Waals surface area contributed by atoms with E-state index < -0.39 is 12.0 Å². The molecule has 1 saturated heterocycles. The summed E-state index contributed by atoms with van der Waals surface area (Å²) in [5, 5.41) is 9.14. The van der Waals surface area contributed by atoms with Gasteiger partial charge in [0.05, 0.1) is 13.0 Å². The summed E-state index contributed by atoms with van der Waals surface area (Å²) in [5.41, 5.74) is 0. The predicted molar refractivity (Wildman–Crippen MR) is 84.7 cm³/mol. The summed E-state index contributed by atoms with van der Waals surface area (Å²) in [4.78, 5) is 24.7. The van der Waals surface area contributed by atoms with Gasteiger partial charge in [0.25, 0.3) is 0 Å². The Morgan fingerprint density at radius 3 is 2.76 bits per heavy atom. The third-order valence-corrected chi connectivity index (χ3v) is 4.68. The lowest BCUT2D eigenvalue weighted by Crippen LogP contribution is -2.50. The van der Waals surface area contributed by atoms with Crippen LogP contribution in [0.3, 0.4) is 0 Å². The van der Waals surface area contributed by atoms with Crippen molar-refractivity contribution in [3.63, 3.8) is 0 Å². The van der Waals surface area contributed by atoms with Gasteiger partial charge in [-0.05, 0) is 24.3 Å². The lowest BCUT2D eigenvalue weighted by molar-refractivity contribution is -0.149. The molecule has 0 spiro atoms. The van der Waals surface area contributed by atoms with Crippen molar-refractivity contribution < 1.29 is 19.4 Å². The Kier molecular flexibility index (Phi) is 5.93. The fourth-order valence-electron chi connectivity index (χ4n) is 2.04. The van der Waals surface area contributed by atoms with Crippen LogP contribution in [0.2, 0.25) is 0 Å². The van der Waals surface area contributed by atoms with E-state index in [1.54, 1.807) is 11.8 Å².